The monoisotopic (exact) mass is 700 g/mol. The molecule has 0 aliphatic heterocycles. The third-order valence-electron chi connectivity index (χ3n) is 9.35. The van der Waals surface area contributed by atoms with E-state index >= 15 is 0 Å². The molecule has 0 spiro atoms. The van der Waals surface area contributed by atoms with Crippen molar-refractivity contribution in [3.05, 3.63) is 170 Å². The van der Waals surface area contributed by atoms with Crippen molar-refractivity contribution in [2.75, 3.05) is 0 Å². The standard InChI is InChI=1S/C46H28N4S2/c1-4-12-29(13-5-1)32-18-10-20-34(24-32)43-48-44(35-21-11-19-33(25-35)30-14-6-2-7-15-30)50-45(49-43)36-22-23-37-38-27-42-39(28-41(38)51-40(37)26-36)47-46(52-42)31-16-8-3-9-17-31/h1-28H. The maximum absolute atomic E-state index is 5.12. The van der Waals surface area contributed by atoms with E-state index in [-0.39, 0.29) is 0 Å². The van der Waals surface area contributed by atoms with Crippen molar-refractivity contribution in [1.29, 1.82) is 0 Å². The summed E-state index contributed by atoms with van der Waals surface area (Å²) in [6, 6.07) is 59.2. The van der Waals surface area contributed by atoms with Gasteiger partial charge in [-0.2, -0.15) is 0 Å². The van der Waals surface area contributed by atoms with Crippen molar-refractivity contribution in [2.45, 2.75) is 0 Å². The SMILES string of the molecule is c1ccc(-c2cccc(-c3nc(-c4cccc(-c5ccccc5)c4)nc(-c4ccc5c(c4)sc4cc6nc(-c7ccccc7)sc6cc45)n3)c2)cc1. The first-order valence-electron chi connectivity index (χ1n) is 17.1. The molecule has 0 saturated carbocycles. The molecule has 0 unspecified atom stereocenters. The molecule has 10 aromatic rings. The van der Waals surface area contributed by atoms with Gasteiger partial charge in [0.25, 0.3) is 0 Å². The summed E-state index contributed by atoms with van der Waals surface area (Å²) in [4.78, 5) is 20.3. The first-order chi connectivity index (χ1) is 25.7. The molecule has 52 heavy (non-hydrogen) atoms. The van der Waals surface area contributed by atoms with Crippen molar-refractivity contribution in [1.82, 2.24) is 19.9 Å². The molecule has 4 nitrogen and oxygen atoms in total. The van der Waals surface area contributed by atoms with E-state index in [1.807, 2.05) is 18.2 Å². The second-order valence-corrected chi connectivity index (χ2v) is 14.8. The van der Waals surface area contributed by atoms with E-state index in [1.54, 1.807) is 22.7 Å². The fourth-order valence-corrected chi connectivity index (χ4v) is 8.89. The zero-order valence-corrected chi connectivity index (χ0v) is 29.4. The highest BCUT2D eigenvalue weighted by molar-refractivity contribution is 7.26. The molecule has 0 N–H and O–H groups in total. The van der Waals surface area contributed by atoms with Crippen LogP contribution in [0.1, 0.15) is 0 Å². The van der Waals surface area contributed by atoms with Crippen LogP contribution >= 0.6 is 22.7 Å². The second kappa shape index (κ2) is 12.8. The largest absolute Gasteiger partial charge is 0.236 e. The fourth-order valence-electron chi connectivity index (χ4n) is 6.74. The van der Waals surface area contributed by atoms with Crippen molar-refractivity contribution < 1.29 is 0 Å². The Hall–Kier alpha value is -6.34. The lowest BCUT2D eigenvalue weighted by Gasteiger charge is -2.11. The molecule has 0 bridgehead atoms. The first-order valence-corrected chi connectivity index (χ1v) is 18.8. The van der Waals surface area contributed by atoms with E-state index in [0.29, 0.717) is 17.5 Å². The molecule has 6 heteroatoms. The van der Waals surface area contributed by atoms with Crippen molar-refractivity contribution in [2.24, 2.45) is 0 Å². The first kappa shape index (κ1) is 30.5. The van der Waals surface area contributed by atoms with Gasteiger partial charge in [-0.15, -0.1) is 22.7 Å². The van der Waals surface area contributed by atoms with E-state index in [0.717, 1.165) is 55.0 Å². The Bertz CT molecular complexity index is 2800. The Kier molecular flexibility index (Phi) is 7.48. The summed E-state index contributed by atoms with van der Waals surface area (Å²) in [7, 11) is 0. The quantitative estimate of drug-likeness (QED) is 0.173. The van der Waals surface area contributed by atoms with E-state index in [2.05, 4.69) is 152 Å². The van der Waals surface area contributed by atoms with Gasteiger partial charge in [-0.1, -0.05) is 140 Å². The minimum Gasteiger partial charge on any atom is -0.236 e. The number of hydrogen-bond donors (Lipinski definition) is 0. The summed E-state index contributed by atoms with van der Waals surface area (Å²) in [5.74, 6) is 1.92. The summed E-state index contributed by atoms with van der Waals surface area (Å²) >= 11 is 3.53. The lowest BCUT2D eigenvalue weighted by Crippen LogP contribution is -2.00. The number of rotatable bonds is 6. The minimum atomic E-state index is 0.639. The average molecular weight is 701 g/mol. The molecule has 0 amide bonds. The van der Waals surface area contributed by atoms with Crippen LogP contribution < -0.4 is 0 Å². The lowest BCUT2D eigenvalue weighted by molar-refractivity contribution is 1.07. The third-order valence-corrected chi connectivity index (χ3v) is 11.5. The predicted octanol–water partition coefficient (Wildman–Crippen LogP) is 12.9. The summed E-state index contributed by atoms with van der Waals surface area (Å²) in [6.45, 7) is 0. The highest BCUT2D eigenvalue weighted by Crippen LogP contribution is 2.41. The normalized spacial score (nSPS) is 11.5. The number of aromatic nitrogens is 4. The molecule has 0 radical (unpaired) electrons. The van der Waals surface area contributed by atoms with Gasteiger partial charge in [-0.3, -0.25) is 0 Å². The number of fused-ring (bicyclic) bond motifs is 4. The van der Waals surface area contributed by atoms with Gasteiger partial charge in [0.2, 0.25) is 0 Å². The molecule has 0 aliphatic rings. The molecule has 3 aromatic heterocycles. The predicted molar refractivity (Wildman–Crippen MR) is 219 cm³/mol. The van der Waals surface area contributed by atoms with Crippen molar-refractivity contribution in [3.63, 3.8) is 0 Å². The lowest BCUT2D eigenvalue weighted by atomic mass is 10.0. The number of thiophene rings is 1. The van der Waals surface area contributed by atoms with Gasteiger partial charge in [0.1, 0.15) is 5.01 Å². The van der Waals surface area contributed by atoms with Gasteiger partial charge >= 0.3 is 0 Å². The number of nitrogens with zero attached hydrogens (tertiary/aromatic N) is 4. The van der Waals surface area contributed by atoms with Gasteiger partial charge in [0.05, 0.1) is 10.2 Å². The van der Waals surface area contributed by atoms with Crippen LogP contribution in [-0.2, 0) is 0 Å². The van der Waals surface area contributed by atoms with E-state index in [4.69, 9.17) is 19.9 Å². The topological polar surface area (TPSA) is 51.6 Å². The van der Waals surface area contributed by atoms with E-state index in [1.165, 1.54) is 24.9 Å². The number of benzene rings is 7. The molecule has 7 aromatic carbocycles. The maximum atomic E-state index is 5.12. The number of hydrogen-bond acceptors (Lipinski definition) is 6. The molecular formula is C46H28N4S2. The Labute approximate surface area is 308 Å². The van der Waals surface area contributed by atoms with Crippen LogP contribution in [0.25, 0.3) is 97.4 Å². The van der Waals surface area contributed by atoms with Crippen LogP contribution in [0.4, 0.5) is 0 Å². The highest BCUT2D eigenvalue weighted by atomic mass is 32.1. The Balaban J connectivity index is 1.10. The summed E-state index contributed by atoms with van der Waals surface area (Å²) in [5.41, 5.74) is 9.54. The highest BCUT2D eigenvalue weighted by Gasteiger charge is 2.16. The van der Waals surface area contributed by atoms with Crippen LogP contribution in [-0.4, -0.2) is 19.9 Å². The molecule has 0 atom stereocenters. The van der Waals surface area contributed by atoms with Crippen LogP contribution in [0.5, 0.6) is 0 Å². The molecule has 244 valence electrons. The molecular weight excluding hydrogens is 673 g/mol. The van der Waals surface area contributed by atoms with Crippen LogP contribution in [0.3, 0.4) is 0 Å². The van der Waals surface area contributed by atoms with E-state index in [9.17, 15) is 0 Å². The van der Waals surface area contributed by atoms with Crippen molar-refractivity contribution in [3.8, 4) is 67.0 Å². The zero-order chi connectivity index (χ0) is 34.4. The third kappa shape index (κ3) is 5.64. The zero-order valence-electron chi connectivity index (χ0n) is 27.8. The van der Waals surface area contributed by atoms with Crippen LogP contribution in [0.2, 0.25) is 0 Å². The summed E-state index contributed by atoms with van der Waals surface area (Å²) in [6.07, 6.45) is 0. The number of thiazole rings is 1. The minimum absolute atomic E-state index is 0.639. The Morgan fingerprint density at radius 3 is 1.35 bits per heavy atom. The van der Waals surface area contributed by atoms with Gasteiger partial charge in [-0.25, -0.2) is 19.9 Å². The molecule has 0 aliphatic carbocycles. The van der Waals surface area contributed by atoms with Gasteiger partial charge in [0, 0.05) is 42.4 Å². The van der Waals surface area contributed by atoms with Crippen LogP contribution in [0, 0.1) is 0 Å². The van der Waals surface area contributed by atoms with E-state index < -0.39 is 0 Å². The molecule has 10 rings (SSSR count). The maximum Gasteiger partial charge on any atom is 0.164 e. The summed E-state index contributed by atoms with van der Waals surface area (Å²) in [5, 5.41) is 3.51. The summed E-state index contributed by atoms with van der Waals surface area (Å²) < 4.78 is 3.60. The van der Waals surface area contributed by atoms with Gasteiger partial charge in [-0.05, 0) is 52.6 Å². The average Bonchev–Trinajstić information content (AvgIpc) is 3.81. The second-order valence-electron chi connectivity index (χ2n) is 12.7. The molecule has 0 fully saturated rings. The Morgan fingerprint density at radius 2 is 0.769 bits per heavy atom. The van der Waals surface area contributed by atoms with Gasteiger partial charge in [0.15, 0.2) is 17.5 Å². The van der Waals surface area contributed by atoms with Crippen molar-refractivity contribution >= 4 is 53.1 Å². The van der Waals surface area contributed by atoms with Gasteiger partial charge < -0.3 is 0 Å². The molecule has 0 saturated heterocycles. The smallest absolute Gasteiger partial charge is 0.164 e. The fraction of sp³-hybridized carbons (Fsp3) is 0. The molecule has 3 heterocycles. The Morgan fingerprint density at radius 1 is 0.288 bits per heavy atom. The van der Waals surface area contributed by atoms with Crippen LogP contribution in [0.15, 0.2) is 170 Å².